The number of nitrogens with one attached hydrogen (secondary N) is 2. The Labute approximate surface area is 167 Å². The third-order valence-corrected chi connectivity index (χ3v) is 6.40. The van der Waals surface area contributed by atoms with Crippen molar-refractivity contribution in [3.63, 3.8) is 0 Å². The fourth-order valence-electron chi connectivity index (χ4n) is 5.73. The first-order chi connectivity index (χ1) is 11.5. The molecule has 2 heterocycles. The van der Waals surface area contributed by atoms with Crippen LogP contribution >= 0.6 is 17.0 Å². The number of carbonyl (C=O) groups is 1. The van der Waals surface area contributed by atoms with Crippen LogP contribution in [0.3, 0.4) is 0 Å². The van der Waals surface area contributed by atoms with Gasteiger partial charge in [-0.05, 0) is 55.9 Å². The van der Waals surface area contributed by atoms with E-state index in [2.05, 4.69) is 15.3 Å². The number of nitrogens with zero attached hydrogens (tertiary/aromatic N) is 1. The zero-order valence-electron chi connectivity index (χ0n) is 14.9. The first-order valence-electron chi connectivity index (χ1n) is 8.77. The Kier molecular flexibility index (Phi) is 5.91. The van der Waals surface area contributed by atoms with E-state index in [1.54, 1.807) is 6.20 Å². The summed E-state index contributed by atoms with van der Waals surface area (Å²) < 4.78 is 0. The topological polar surface area (TPSA) is 167 Å². The Morgan fingerprint density at radius 3 is 2.52 bits per heavy atom. The molecule has 5 atom stereocenters. The van der Waals surface area contributed by atoms with Crippen molar-refractivity contribution >= 4 is 39.6 Å². The van der Waals surface area contributed by atoms with Crippen molar-refractivity contribution in [2.75, 3.05) is 5.32 Å². The molecule has 8 nitrogen and oxygen atoms in total. The summed E-state index contributed by atoms with van der Waals surface area (Å²) in [6, 6.07) is 2.22. The number of pyridine rings is 1. The second-order valence-corrected chi connectivity index (χ2v) is 8.02. The van der Waals surface area contributed by atoms with Crippen LogP contribution < -0.4 is 11.1 Å². The molecule has 0 saturated heterocycles. The molecule has 0 radical (unpaired) electrons. The average molecular weight is 443 g/mol. The number of fused-ring (bicyclic) bond motifs is 1. The summed E-state index contributed by atoms with van der Waals surface area (Å²) in [6.07, 6.45) is 8.42. The lowest BCUT2D eigenvalue weighted by atomic mass is 9.52. The summed E-state index contributed by atoms with van der Waals surface area (Å²) in [6.45, 7) is 0. The highest BCUT2D eigenvalue weighted by Gasteiger charge is 2.54. The fraction of sp³-hybridized carbons (Fsp3) is 0.556. The number of hydrogen-bond acceptors (Lipinski definition) is 4. The Hall–Kier alpha value is -1.68. The molecule has 1 amide bonds. The number of halogens is 1. The van der Waals surface area contributed by atoms with Crippen LogP contribution in [0.25, 0.3) is 11.0 Å². The lowest BCUT2D eigenvalue weighted by molar-refractivity contribution is -0.129. The summed E-state index contributed by atoms with van der Waals surface area (Å²) in [4.78, 5) is 19.3. The third kappa shape index (κ3) is 3.33. The molecule has 27 heavy (non-hydrogen) atoms. The molecule has 4 fully saturated rings. The van der Waals surface area contributed by atoms with Gasteiger partial charge in [0.1, 0.15) is 5.65 Å². The lowest BCUT2D eigenvalue weighted by Gasteiger charge is -2.58. The third-order valence-electron chi connectivity index (χ3n) is 6.40. The monoisotopic (exact) mass is 442 g/mol. The number of H-pyrrole nitrogens is 1. The Bertz CT molecular complexity index is 826. The molecule has 0 aliphatic heterocycles. The van der Waals surface area contributed by atoms with E-state index in [9.17, 15) is 9.90 Å². The van der Waals surface area contributed by atoms with Crippen LogP contribution in [-0.2, 0) is 0 Å². The van der Waals surface area contributed by atoms with Gasteiger partial charge >= 0.3 is 0 Å². The first-order valence-corrected chi connectivity index (χ1v) is 8.77. The standard InChI is InChI=1S/C18H22N4O2.BrH.2H2O/c19-16(23)13-8-21-17-12(1-2-20-17)15(13)22-14-10-3-9-4-11(14)7-18(24,5-9)6-10;;;/h1-2,8-11,14,24H,3-7H2,(H2,19,23)(H2,20,21,22);1H;2*1H2/t9-,10+,11-,14-,18+;;;. The molecule has 4 saturated carbocycles. The minimum atomic E-state index is -0.462. The summed E-state index contributed by atoms with van der Waals surface area (Å²) in [7, 11) is 0. The van der Waals surface area contributed by atoms with Crippen molar-refractivity contribution in [2.24, 2.45) is 23.5 Å². The number of aliphatic hydroxyl groups is 1. The van der Waals surface area contributed by atoms with E-state index in [1.807, 2.05) is 12.3 Å². The highest BCUT2D eigenvalue weighted by Crippen LogP contribution is 2.56. The molecular formula is C18H27BrN4O4. The predicted octanol–water partition coefficient (Wildman–Crippen LogP) is 0.942. The number of rotatable bonds is 3. The number of aromatic nitrogens is 2. The quantitative estimate of drug-likeness (QED) is 0.554. The van der Waals surface area contributed by atoms with Crippen molar-refractivity contribution in [1.82, 2.24) is 9.97 Å². The zero-order chi connectivity index (χ0) is 16.5. The van der Waals surface area contributed by atoms with E-state index < -0.39 is 11.5 Å². The summed E-state index contributed by atoms with van der Waals surface area (Å²) >= 11 is 0. The van der Waals surface area contributed by atoms with Crippen LogP contribution in [-0.4, -0.2) is 43.6 Å². The molecule has 4 bridgehead atoms. The summed E-state index contributed by atoms with van der Waals surface area (Å²) in [5, 5.41) is 15.3. The molecule has 4 aliphatic carbocycles. The van der Waals surface area contributed by atoms with E-state index >= 15 is 0 Å². The summed E-state index contributed by atoms with van der Waals surface area (Å²) in [5.74, 6) is 1.12. The minimum absolute atomic E-state index is 0. The molecule has 150 valence electrons. The van der Waals surface area contributed by atoms with Gasteiger partial charge in [0, 0.05) is 23.8 Å². The average Bonchev–Trinajstić information content (AvgIpc) is 2.97. The van der Waals surface area contributed by atoms with E-state index in [0.717, 1.165) is 36.0 Å². The normalized spacial score (nSPS) is 32.9. The molecule has 0 spiro atoms. The Morgan fingerprint density at radius 2 is 1.93 bits per heavy atom. The largest absolute Gasteiger partial charge is 0.412 e. The SMILES string of the molecule is Br.NC(=O)c1cnc2[nH]ccc2c1N[C@H]1[C@@H]2C[C@H]3C[C@H]1C[C@@](O)(C3)C2.O.O. The number of primary amides is 1. The highest BCUT2D eigenvalue weighted by molar-refractivity contribution is 8.93. The van der Waals surface area contributed by atoms with Crippen LogP contribution in [0.1, 0.15) is 42.5 Å². The highest BCUT2D eigenvalue weighted by atomic mass is 79.9. The maximum atomic E-state index is 11.9. The number of anilines is 1. The van der Waals surface area contributed by atoms with Gasteiger partial charge in [0.2, 0.25) is 0 Å². The van der Waals surface area contributed by atoms with Crippen LogP contribution in [0.4, 0.5) is 5.69 Å². The smallest absolute Gasteiger partial charge is 0.252 e. The fourth-order valence-corrected chi connectivity index (χ4v) is 5.73. The minimum Gasteiger partial charge on any atom is -0.412 e. The molecule has 6 rings (SSSR count). The van der Waals surface area contributed by atoms with Crippen LogP contribution in [0.15, 0.2) is 18.5 Å². The predicted molar refractivity (Wildman–Crippen MR) is 108 cm³/mol. The number of amides is 1. The second-order valence-electron chi connectivity index (χ2n) is 8.02. The molecule has 2 aromatic heterocycles. The van der Waals surface area contributed by atoms with E-state index in [1.165, 1.54) is 12.8 Å². The van der Waals surface area contributed by atoms with Crippen LogP contribution in [0, 0.1) is 17.8 Å². The van der Waals surface area contributed by atoms with E-state index in [4.69, 9.17) is 5.73 Å². The number of aromatic amines is 1. The molecule has 9 N–H and O–H groups in total. The maximum Gasteiger partial charge on any atom is 0.252 e. The summed E-state index contributed by atoms with van der Waals surface area (Å²) in [5.41, 5.74) is 7.10. The van der Waals surface area contributed by atoms with Gasteiger partial charge in [0.05, 0.1) is 16.9 Å². The van der Waals surface area contributed by atoms with Crippen LogP contribution in [0.2, 0.25) is 0 Å². The van der Waals surface area contributed by atoms with E-state index in [-0.39, 0.29) is 27.9 Å². The Balaban J connectivity index is 0.000000871. The van der Waals surface area contributed by atoms with Crippen molar-refractivity contribution in [3.8, 4) is 0 Å². The van der Waals surface area contributed by atoms with Gasteiger partial charge in [-0.15, -0.1) is 17.0 Å². The molecule has 0 aromatic carbocycles. The van der Waals surface area contributed by atoms with Gasteiger partial charge in [0.25, 0.3) is 5.91 Å². The molecular weight excluding hydrogens is 416 g/mol. The molecule has 9 heteroatoms. The van der Waals surface area contributed by atoms with Crippen molar-refractivity contribution in [3.05, 3.63) is 24.0 Å². The van der Waals surface area contributed by atoms with Gasteiger partial charge in [0.15, 0.2) is 0 Å². The van der Waals surface area contributed by atoms with Gasteiger partial charge in [-0.1, -0.05) is 0 Å². The first kappa shape index (κ1) is 21.6. The van der Waals surface area contributed by atoms with Gasteiger partial charge < -0.3 is 32.1 Å². The number of carbonyl (C=O) groups excluding carboxylic acids is 1. The van der Waals surface area contributed by atoms with Crippen molar-refractivity contribution in [2.45, 2.75) is 43.7 Å². The Morgan fingerprint density at radius 1 is 1.26 bits per heavy atom. The lowest BCUT2D eigenvalue weighted by Crippen LogP contribution is -2.59. The van der Waals surface area contributed by atoms with Gasteiger partial charge in [-0.3, -0.25) is 4.79 Å². The number of hydrogen-bond donors (Lipinski definition) is 4. The second kappa shape index (κ2) is 7.38. The van der Waals surface area contributed by atoms with Crippen LogP contribution in [0.5, 0.6) is 0 Å². The van der Waals surface area contributed by atoms with Crippen molar-refractivity contribution < 1.29 is 20.9 Å². The van der Waals surface area contributed by atoms with Crippen molar-refractivity contribution in [1.29, 1.82) is 0 Å². The maximum absolute atomic E-state index is 11.9. The number of nitrogens with two attached hydrogens (primary N) is 1. The molecule has 4 aliphatic rings. The zero-order valence-corrected chi connectivity index (χ0v) is 16.6. The molecule has 2 aromatic rings. The van der Waals surface area contributed by atoms with Gasteiger partial charge in [-0.2, -0.15) is 0 Å². The van der Waals surface area contributed by atoms with Gasteiger partial charge in [-0.25, -0.2) is 4.98 Å². The molecule has 0 unspecified atom stereocenters. The van der Waals surface area contributed by atoms with E-state index in [0.29, 0.717) is 29.4 Å².